The zero-order chi connectivity index (χ0) is 17.8. The Balaban J connectivity index is 1.49. The molecule has 2 heterocycles. The van der Waals surface area contributed by atoms with Crippen LogP contribution in [0.2, 0.25) is 0 Å². The van der Waals surface area contributed by atoms with E-state index in [2.05, 4.69) is 10.2 Å². The maximum absolute atomic E-state index is 12.5. The van der Waals surface area contributed by atoms with Gasteiger partial charge in [-0.1, -0.05) is 30.3 Å². The Labute approximate surface area is 149 Å². The molecule has 1 saturated heterocycles. The third kappa shape index (κ3) is 4.10. The Kier molecular flexibility index (Phi) is 5.53. The van der Waals surface area contributed by atoms with Crippen LogP contribution in [0.15, 0.2) is 30.3 Å². The molecule has 1 unspecified atom stereocenters. The van der Waals surface area contributed by atoms with Crippen LogP contribution >= 0.6 is 0 Å². The van der Waals surface area contributed by atoms with E-state index in [1.807, 2.05) is 49.1 Å². The Morgan fingerprint density at radius 2 is 1.96 bits per heavy atom. The van der Waals surface area contributed by atoms with Crippen LogP contribution < -0.4 is 0 Å². The molecule has 5 heteroatoms. The van der Waals surface area contributed by atoms with E-state index in [1.54, 1.807) is 0 Å². The van der Waals surface area contributed by atoms with E-state index in [0.29, 0.717) is 6.42 Å². The van der Waals surface area contributed by atoms with Gasteiger partial charge in [-0.2, -0.15) is 5.10 Å². The fraction of sp³-hybridized carbons (Fsp3) is 0.500. The molecule has 1 aliphatic heterocycles. The lowest BCUT2D eigenvalue weighted by molar-refractivity contribution is -0.133. The summed E-state index contributed by atoms with van der Waals surface area (Å²) in [5, 5.41) is 17.7. The predicted octanol–water partition coefficient (Wildman–Crippen LogP) is 2.93. The average molecular weight is 341 g/mol. The summed E-state index contributed by atoms with van der Waals surface area (Å²) in [4.78, 5) is 14.4. The van der Waals surface area contributed by atoms with Crippen molar-refractivity contribution in [3.05, 3.63) is 52.8 Å². The summed E-state index contributed by atoms with van der Waals surface area (Å²) in [6.45, 7) is 5.43. The lowest BCUT2D eigenvalue weighted by Gasteiger charge is -2.34. The third-order valence-corrected chi connectivity index (χ3v) is 5.35. The molecule has 0 spiro atoms. The van der Waals surface area contributed by atoms with Gasteiger partial charge in [0.15, 0.2) is 0 Å². The van der Waals surface area contributed by atoms with Gasteiger partial charge in [-0.25, -0.2) is 0 Å². The highest BCUT2D eigenvalue weighted by Crippen LogP contribution is 2.30. The van der Waals surface area contributed by atoms with Crippen LogP contribution in [0.1, 0.15) is 47.9 Å². The fourth-order valence-corrected chi connectivity index (χ4v) is 3.72. The lowest BCUT2D eigenvalue weighted by atomic mass is 9.87. The molecule has 5 nitrogen and oxygen atoms in total. The second kappa shape index (κ2) is 7.83. The highest BCUT2D eigenvalue weighted by atomic mass is 16.3. The topological polar surface area (TPSA) is 69.2 Å². The molecule has 1 amide bonds. The van der Waals surface area contributed by atoms with Gasteiger partial charge in [-0.15, -0.1) is 0 Å². The Morgan fingerprint density at radius 3 is 2.56 bits per heavy atom. The standard InChI is InChI=1S/C20H27N3O2/c1-14-18(15(2)22-21-14)8-9-19(24)23-12-10-17(11-13-23)20(25)16-6-4-3-5-7-16/h3-7,17,20,25H,8-13H2,1-2H3,(H,21,22). The molecular formula is C20H27N3O2. The lowest BCUT2D eigenvalue weighted by Crippen LogP contribution is -2.39. The summed E-state index contributed by atoms with van der Waals surface area (Å²) >= 11 is 0. The third-order valence-electron chi connectivity index (χ3n) is 5.35. The summed E-state index contributed by atoms with van der Waals surface area (Å²) < 4.78 is 0. The molecule has 2 N–H and O–H groups in total. The van der Waals surface area contributed by atoms with E-state index in [1.165, 1.54) is 0 Å². The van der Waals surface area contributed by atoms with Crippen LogP contribution in [-0.2, 0) is 11.2 Å². The SMILES string of the molecule is Cc1n[nH]c(C)c1CCC(=O)N1CCC(C(O)c2ccccc2)CC1. The molecule has 0 radical (unpaired) electrons. The predicted molar refractivity (Wildman–Crippen MR) is 97.1 cm³/mol. The number of amides is 1. The van der Waals surface area contributed by atoms with E-state index < -0.39 is 6.10 Å². The molecule has 1 aromatic carbocycles. The number of hydrogen-bond donors (Lipinski definition) is 2. The number of aliphatic hydroxyl groups is 1. The van der Waals surface area contributed by atoms with Crippen molar-refractivity contribution in [2.75, 3.05) is 13.1 Å². The van der Waals surface area contributed by atoms with Crippen LogP contribution in [0.5, 0.6) is 0 Å². The highest BCUT2D eigenvalue weighted by Gasteiger charge is 2.28. The number of nitrogens with zero attached hydrogens (tertiary/aromatic N) is 2. The average Bonchev–Trinajstić information content (AvgIpc) is 2.98. The van der Waals surface area contributed by atoms with Crippen LogP contribution in [0.3, 0.4) is 0 Å². The van der Waals surface area contributed by atoms with Gasteiger partial charge in [-0.05, 0) is 50.2 Å². The van der Waals surface area contributed by atoms with E-state index in [-0.39, 0.29) is 11.8 Å². The first kappa shape index (κ1) is 17.7. The first-order valence-corrected chi connectivity index (χ1v) is 9.07. The molecule has 1 aromatic heterocycles. The van der Waals surface area contributed by atoms with Gasteiger partial charge in [0.2, 0.25) is 5.91 Å². The number of nitrogens with one attached hydrogen (secondary N) is 1. The summed E-state index contributed by atoms with van der Waals surface area (Å²) in [5.74, 6) is 0.428. The van der Waals surface area contributed by atoms with Crippen molar-refractivity contribution in [2.24, 2.45) is 5.92 Å². The number of hydrogen-bond acceptors (Lipinski definition) is 3. The Morgan fingerprint density at radius 1 is 1.28 bits per heavy atom. The van der Waals surface area contributed by atoms with Crippen molar-refractivity contribution in [2.45, 2.75) is 45.6 Å². The van der Waals surface area contributed by atoms with Crippen molar-refractivity contribution in [1.82, 2.24) is 15.1 Å². The maximum Gasteiger partial charge on any atom is 0.222 e. The summed E-state index contributed by atoms with van der Waals surface area (Å²) in [7, 11) is 0. The van der Waals surface area contributed by atoms with E-state index in [0.717, 1.165) is 54.9 Å². The van der Waals surface area contributed by atoms with Crippen LogP contribution in [-0.4, -0.2) is 39.2 Å². The summed E-state index contributed by atoms with van der Waals surface area (Å²) in [6, 6.07) is 9.81. The molecule has 25 heavy (non-hydrogen) atoms. The number of rotatable bonds is 5. The number of benzene rings is 1. The van der Waals surface area contributed by atoms with Gasteiger partial charge in [0.25, 0.3) is 0 Å². The number of aromatic amines is 1. The van der Waals surface area contributed by atoms with E-state index >= 15 is 0 Å². The number of aryl methyl sites for hydroxylation is 2. The van der Waals surface area contributed by atoms with Crippen molar-refractivity contribution in [1.29, 1.82) is 0 Å². The molecule has 2 aromatic rings. The second-order valence-electron chi connectivity index (χ2n) is 6.99. The number of carbonyl (C=O) groups is 1. The molecular weight excluding hydrogens is 314 g/mol. The number of aliphatic hydroxyl groups excluding tert-OH is 1. The van der Waals surface area contributed by atoms with E-state index in [4.69, 9.17) is 0 Å². The number of H-pyrrole nitrogens is 1. The Hall–Kier alpha value is -2.14. The highest BCUT2D eigenvalue weighted by molar-refractivity contribution is 5.76. The molecule has 3 rings (SSSR count). The minimum absolute atomic E-state index is 0.202. The normalized spacial score (nSPS) is 16.8. The van der Waals surface area contributed by atoms with Crippen molar-refractivity contribution < 1.29 is 9.90 Å². The monoisotopic (exact) mass is 341 g/mol. The van der Waals surface area contributed by atoms with Gasteiger partial charge in [0.05, 0.1) is 11.8 Å². The quantitative estimate of drug-likeness (QED) is 0.878. The first-order chi connectivity index (χ1) is 12.1. The first-order valence-electron chi connectivity index (χ1n) is 9.07. The number of likely N-dealkylation sites (tertiary alicyclic amines) is 1. The van der Waals surface area contributed by atoms with Gasteiger partial charge < -0.3 is 10.0 Å². The van der Waals surface area contributed by atoms with Crippen molar-refractivity contribution in [3.63, 3.8) is 0 Å². The molecule has 134 valence electrons. The van der Waals surface area contributed by atoms with Gasteiger partial charge >= 0.3 is 0 Å². The fourth-order valence-electron chi connectivity index (χ4n) is 3.72. The largest absolute Gasteiger partial charge is 0.388 e. The number of aromatic nitrogens is 2. The maximum atomic E-state index is 12.5. The second-order valence-corrected chi connectivity index (χ2v) is 6.99. The molecule has 1 fully saturated rings. The Bertz CT molecular complexity index is 683. The smallest absolute Gasteiger partial charge is 0.222 e. The van der Waals surface area contributed by atoms with Gasteiger partial charge in [0, 0.05) is 25.2 Å². The van der Waals surface area contributed by atoms with Gasteiger partial charge in [0.1, 0.15) is 0 Å². The number of carbonyl (C=O) groups excluding carboxylic acids is 1. The zero-order valence-corrected chi connectivity index (χ0v) is 15.0. The van der Waals surface area contributed by atoms with E-state index in [9.17, 15) is 9.90 Å². The summed E-state index contributed by atoms with van der Waals surface area (Å²) in [6.07, 6.45) is 2.53. The van der Waals surface area contributed by atoms with Crippen LogP contribution in [0.4, 0.5) is 0 Å². The van der Waals surface area contributed by atoms with Crippen LogP contribution in [0.25, 0.3) is 0 Å². The summed E-state index contributed by atoms with van der Waals surface area (Å²) in [5.41, 5.74) is 4.16. The molecule has 0 bridgehead atoms. The minimum atomic E-state index is -0.435. The molecule has 1 atom stereocenters. The zero-order valence-electron chi connectivity index (χ0n) is 15.0. The van der Waals surface area contributed by atoms with Crippen molar-refractivity contribution in [3.8, 4) is 0 Å². The minimum Gasteiger partial charge on any atom is -0.388 e. The van der Waals surface area contributed by atoms with Crippen LogP contribution in [0, 0.1) is 19.8 Å². The molecule has 1 aliphatic rings. The number of piperidine rings is 1. The molecule has 0 saturated carbocycles. The van der Waals surface area contributed by atoms with Gasteiger partial charge in [-0.3, -0.25) is 9.89 Å². The van der Waals surface area contributed by atoms with Crippen molar-refractivity contribution >= 4 is 5.91 Å². The molecule has 0 aliphatic carbocycles.